The molecule has 1 nitrogen and oxygen atoms in total. The van der Waals surface area contributed by atoms with E-state index in [2.05, 4.69) is 63.7 Å². The van der Waals surface area contributed by atoms with Gasteiger partial charge in [-0.3, -0.25) is 4.79 Å². The molecule has 1 unspecified atom stereocenters. The maximum absolute atomic E-state index is 11.5. The van der Waals surface area contributed by atoms with E-state index in [9.17, 15) is 4.79 Å². The number of halogens is 5. The van der Waals surface area contributed by atoms with E-state index in [0.717, 1.165) is 6.42 Å². The van der Waals surface area contributed by atoms with E-state index < -0.39 is 7.56 Å². The molecule has 1 aliphatic rings. The average Bonchev–Trinajstić information content (AvgIpc) is 2.51. The third-order valence-corrected chi connectivity index (χ3v) is 7.90. The Hall–Kier alpha value is 1.88. The number of carbonyl (C=O) groups excluding carboxylic acids is 1. The van der Waals surface area contributed by atoms with Gasteiger partial charge in [-0.15, -0.1) is 0 Å². The van der Waals surface area contributed by atoms with Gasteiger partial charge in [0.15, 0.2) is 0 Å². The van der Waals surface area contributed by atoms with Gasteiger partial charge in [0.1, 0.15) is 2.14 Å². The van der Waals surface area contributed by atoms with Crippen molar-refractivity contribution in [1.82, 2.24) is 0 Å². The Bertz CT molecular complexity index is 273. The van der Waals surface area contributed by atoms with E-state index in [4.69, 9.17) is 11.6 Å². The molecule has 1 aliphatic carbocycles. The van der Waals surface area contributed by atoms with E-state index in [1.807, 2.05) is 13.8 Å². The van der Waals surface area contributed by atoms with E-state index in [0.29, 0.717) is 0 Å². The number of alkyl halides is 4. The van der Waals surface area contributed by atoms with Crippen LogP contribution in [0, 0.1) is 10.8 Å². The Balaban J connectivity index is 3.00. The van der Waals surface area contributed by atoms with Crippen molar-refractivity contribution in [3.05, 3.63) is 0 Å². The lowest BCUT2D eigenvalue weighted by atomic mass is 9.94. The summed E-state index contributed by atoms with van der Waals surface area (Å²) in [5, 5.41) is -0.285. The molecule has 0 radical (unpaired) electrons. The Kier molecular flexibility index (Phi) is 3.95. The van der Waals surface area contributed by atoms with Crippen molar-refractivity contribution < 1.29 is 4.79 Å². The minimum atomic E-state index is -0.509. The summed E-state index contributed by atoms with van der Waals surface area (Å²) in [5.74, 6) is 0. The van der Waals surface area contributed by atoms with Gasteiger partial charge in [0.25, 0.3) is 0 Å². The van der Waals surface area contributed by atoms with E-state index in [-0.39, 0.29) is 15.5 Å². The van der Waals surface area contributed by atoms with Crippen LogP contribution in [0.25, 0.3) is 0 Å². The lowest BCUT2D eigenvalue weighted by molar-refractivity contribution is -0.117. The van der Waals surface area contributed by atoms with Gasteiger partial charge < -0.3 is 0 Å². The van der Waals surface area contributed by atoms with Crippen LogP contribution in [0.1, 0.15) is 20.3 Å². The molecule has 2 atom stereocenters. The highest BCUT2D eigenvalue weighted by atomic mass is 80.0. The second kappa shape index (κ2) is 3.97. The standard InChI is InChI=1S/C8H9Br4ClO/c1-6(2)3-7(6,5(13)14)4(9)8(10,11)12/h4H,3H2,1-2H3/t4?,7-/m0/s1. The second-order valence-electron chi connectivity index (χ2n) is 4.21. The maximum Gasteiger partial charge on any atom is 0.229 e. The summed E-state index contributed by atoms with van der Waals surface area (Å²) in [6, 6.07) is 0. The summed E-state index contributed by atoms with van der Waals surface area (Å²) in [5.41, 5.74) is -0.564. The van der Waals surface area contributed by atoms with E-state index in [1.54, 1.807) is 0 Å². The summed E-state index contributed by atoms with van der Waals surface area (Å²) in [6.07, 6.45) is 0.794. The molecule has 0 spiro atoms. The Labute approximate surface area is 122 Å². The summed E-state index contributed by atoms with van der Waals surface area (Å²) >= 11 is 19.4. The molecule has 1 rings (SSSR count). The van der Waals surface area contributed by atoms with Gasteiger partial charge >= 0.3 is 0 Å². The fourth-order valence-corrected chi connectivity index (χ4v) is 4.53. The molecular weight excluding hydrogens is 467 g/mol. The highest BCUT2D eigenvalue weighted by molar-refractivity contribution is 9.40. The van der Waals surface area contributed by atoms with Gasteiger partial charge in [0.2, 0.25) is 5.24 Å². The van der Waals surface area contributed by atoms with E-state index >= 15 is 0 Å². The van der Waals surface area contributed by atoms with Crippen LogP contribution in [0.4, 0.5) is 0 Å². The van der Waals surface area contributed by atoms with Gasteiger partial charge in [0.05, 0.1) is 10.2 Å². The minimum Gasteiger partial charge on any atom is -0.281 e. The fourth-order valence-electron chi connectivity index (χ4n) is 1.80. The van der Waals surface area contributed by atoms with Crippen LogP contribution in [0.5, 0.6) is 0 Å². The molecule has 0 N–H and O–H groups in total. The van der Waals surface area contributed by atoms with Crippen LogP contribution >= 0.6 is 75.3 Å². The van der Waals surface area contributed by atoms with Crippen molar-refractivity contribution in [1.29, 1.82) is 0 Å². The topological polar surface area (TPSA) is 17.1 Å². The average molecular weight is 476 g/mol. The molecule has 0 aliphatic heterocycles. The van der Waals surface area contributed by atoms with Crippen LogP contribution in [0.3, 0.4) is 0 Å². The van der Waals surface area contributed by atoms with Crippen molar-refractivity contribution in [3.63, 3.8) is 0 Å². The zero-order valence-electron chi connectivity index (χ0n) is 7.58. The van der Waals surface area contributed by atoms with Crippen molar-refractivity contribution in [2.45, 2.75) is 27.2 Å². The molecule has 0 amide bonds. The van der Waals surface area contributed by atoms with Gasteiger partial charge in [-0.1, -0.05) is 77.6 Å². The molecular formula is C8H9Br4ClO. The molecule has 0 bridgehead atoms. The van der Waals surface area contributed by atoms with E-state index in [1.165, 1.54) is 0 Å². The first kappa shape index (κ1) is 13.9. The van der Waals surface area contributed by atoms with Gasteiger partial charge in [-0.25, -0.2) is 0 Å². The zero-order valence-corrected chi connectivity index (χ0v) is 14.7. The van der Waals surface area contributed by atoms with Crippen LogP contribution in [0.2, 0.25) is 0 Å². The smallest absolute Gasteiger partial charge is 0.229 e. The number of rotatable bonds is 2. The lowest BCUT2D eigenvalue weighted by Gasteiger charge is -2.28. The summed E-state index contributed by atoms with van der Waals surface area (Å²) in [4.78, 5) is 11.4. The van der Waals surface area contributed by atoms with Crippen LogP contribution in [0.15, 0.2) is 0 Å². The lowest BCUT2D eigenvalue weighted by Crippen LogP contribution is -2.35. The predicted octanol–water partition coefficient (Wildman–Crippen LogP) is 4.77. The fraction of sp³-hybridized carbons (Fsp3) is 0.875. The summed E-state index contributed by atoms with van der Waals surface area (Å²) < 4.78 is -0.509. The normalized spacial score (nSPS) is 32.5. The molecule has 0 heterocycles. The highest BCUT2D eigenvalue weighted by Gasteiger charge is 2.71. The molecule has 0 aromatic heterocycles. The third kappa shape index (κ3) is 2.13. The predicted molar refractivity (Wildman–Crippen MR) is 73.9 cm³/mol. The number of carbonyl (C=O) groups is 1. The quantitative estimate of drug-likeness (QED) is 0.415. The molecule has 6 heteroatoms. The first-order chi connectivity index (χ1) is 6.06. The third-order valence-electron chi connectivity index (χ3n) is 2.87. The van der Waals surface area contributed by atoms with Crippen molar-refractivity contribution >= 4 is 80.6 Å². The first-order valence-electron chi connectivity index (χ1n) is 3.96. The summed E-state index contributed by atoms with van der Waals surface area (Å²) in [6.45, 7) is 4.08. The number of hydrogen-bond acceptors (Lipinski definition) is 1. The molecule has 1 fully saturated rings. The molecule has 1 saturated carbocycles. The maximum atomic E-state index is 11.5. The second-order valence-corrected chi connectivity index (χ2v) is 12.4. The monoisotopic (exact) mass is 472 g/mol. The Morgan fingerprint density at radius 1 is 1.43 bits per heavy atom. The molecule has 82 valence electrons. The van der Waals surface area contributed by atoms with Gasteiger partial charge in [0, 0.05) is 0 Å². The van der Waals surface area contributed by atoms with Crippen LogP contribution in [-0.4, -0.2) is 12.2 Å². The number of hydrogen-bond donors (Lipinski definition) is 0. The SMILES string of the molecule is CC1(C)C[C@@]1(C(=O)Cl)C(Br)C(Br)(Br)Br. The highest BCUT2D eigenvalue weighted by Crippen LogP contribution is 2.71. The Morgan fingerprint density at radius 3 is 1.86 bits per heavy atom. The van der Waals surface area contributed by atoms with Crippen molar-refractivity contribution in [2.24, 2.45) is 10.8 Å². The molecule has 0 saturated heterocycles. The van der Waals surface area contributed by atoms with Crippen LogP contribution < -0.4 is 0 Å². The largest absolute Gasteiger partial charge is 0.281 e. The first-order valence-corrected chi connectivity index (χ1v) is 7.64. The zero-order chi connectivity index (χ0) is 11.4. The molecule has 0 aromatic rings. The molecule has 14 heavy (non-hydrogen) atoms. The molecule has 0 aromatic carbocycles. The van der Waals surface area contributed by atoms with Gasteiger partial charge in [-0.2, -0.15) is 0 Å². The minimum absolute atomic E-state index is 0.0550. The van der Waals surface area contributed by atoms with Crippen LogP contribution in [-0.2, 0) is 4.79 Å². The van der Waals surface area contributed by atoms with Crippen molar-refractivity contribution in [2.75, 3.05) is 0 Å². The van der Waals surface area contributed by atoms with Gasteiger partial charge in [-0.05, 0) is 23.4 Å². The van der Waals surface area contributed by atoms with Crippen molar-refractivity contribution in [3.8, 4) is 0 Å². The Morgan fingerprint density at radius 2 is 1.79 bits per heavy atom. The summed E-state index contributed by atoms with van der Waals surface area (Å²) in [7, 11) is 0.